The van der Waals surface area contributed by atoms with Gasteiger partial charge in [-0.25, -0.2) is 4.79 Å². The van der Waals surface area contributed by atoms with Gasteiger partial charge < -0.3 is 19.5 Å². The second-order valence-corrected chi connectivity index (χ2v) is 6.12. The molecule has 1 aromatic rings. The first kappa shape index (κ1) is 20.0. The fraction of sp³-hybridized carbons (Fsp3) is 0.556. The number of hydrogen-bond acceptors (Lipinski definition) is 5. The van der Waals surface area contributed by atoms with Crippen molar-refractivity contribution in [1.82, 2.24) is 0 Å². The number of methoxy groups -OCH3 is 2. The van der Waals surface area contributed by atoms with Crippen LogP contribution in [-0.2, 0) is 14.3 Å². The van der Waals surface area contributed by atoms with Crippen LogP contribution < -0.4 is 10.1 Å². The molecule has 0 saturated heterocycles. The third kappa shape index (κ3) is 4.96. The number of hydrogen-bond donors (Lipinski definition) is 1. The summed E-state index contributed by atoms with van der Waals surface area (Å²) >= 11 is 0. The van der Waals surface area contributed by atoms with Crippen molar-refractivity contribution in [2.45, 2.75) is 39.7 Å². The fourth-order valence-electron chi connectivity index (χ4n) is 2.63. The van der Waals surface area contributed by atoms with Crippen LogP contribution >= 0.6 is 0 Å². The highest BCUT2D eigenvalue weighted by molar-refractivity contribution is 5.99. The minimum Gasteiger partial charge on any atom is -0.496 e. The summed E-state index contributed by atoms with van der Waals surface area (Å²) < 4.78 is 15.6. The number of esters is 1. The van der Waals surface area contributed by atoms with Crippen molar-refractivity contribution in [1.29, 1.82) is 0 Å². The molecule has 0 aliphatic heterocycles. The predicted octanol–water partition coefficient (Wildman–Crippen LogP) is 3.26. The van der Waals surface area contributed by atoms with Gasteiger partial charge in [-0.15, -0.1) is 0 Å². The van der Waals surface area contributed by atoms with E-state index in [-0.39, 0.29) is 11.5 Å². The Bertz CT molecular complexity index is 585. The second-order valence-electron chi connectivity index (χ2n) is 6.12. The van der Waals surface area contributed by atoms with Crippen molar-refractivity contribution < 1.29 is 23.8 Å². The lowest BCUT2D eigenvalue weighted by Crippen LogP contribution is -2.44. The molecule has 1 atom stereocenters. The maximum atomic E-state index is 12.7. The third-order valence-electron chi connectivity index (χ3n) is 3.60. The minimum absolute atomic E-state index is 0.250. The van der Waals surface area contributed by atoms with Crippen LogP contribution in [-0.4, -0.2) is 38.3 Å². The first-order valence-corrected chi connectivity index (χ1v) is 7.99. The van der Waals surface area contributed by atoms with Crippen LogP contribution in [0.2, 0.25) is 0 Å². The number of carbonyl (C=O) groups is 2. The van der Waals surface area contributed by atoms with E-state index >= 15 is 0 Å². The van der Waals surface area contributed by atoms with Crippen LogP contribution in [0, 0.1) is 5.92 Å². The zero-order valence-corrected chi connectivity index (χ0v) is 15.3. The molecular weight excluding hydrogens is 310 g/mol. The molecule has 0 heterocycles. The Morgan fingerprint density at radius 2 is 1.92 bits per heavy atom. The van der Waals surface area contributed by atoms with Gasteiger partial charge in [-0.3, -0.25) is 4.79 Å². The molecule has 0 bridgehead atoms. The smallest absolute Gasteiger partial charge is 0.341 e. The number of amides is 1. The van der Waals surface area contributed by atoms with Gasteiger partial charge in [0.2, 0.25) is 0 Å². The SMILES string of the molecule is CCO[C@](C)(CC(C)C)C(=O)Nc1ccc(OC)c(C(=O)OC)c1. The quantitative estimate of drug-likeness (QED) is 0.737. The van der Waals surface area contributed by atoms with Crippen molar-refractivity contribution in [2.24, 2.45) is 5.92 Å². The number of carbonyl (C=O) groups excluding carboxylic acids is 2. The molecule has 1 N–H and O–H groups in total. The highest BCUT2D eigenvalue weighted by Crippen LogP contribution is 2.26. The predicted molar refractivity (Wildman–Crippen MR) is 92.4 cm³/mol. The maximum Gasteiger partial charge on any atom is 0.341 e. The van der Waals surface area contributed by atoms with Crippen molar-refractivity contribution >= 4 is 17.6 Å². The third-order valence-corrected chi connectivity index (χ3v) is 3.60. The zero-order valence-electron chi connectivity index (χ0n) is 15.3. The first-order chi connectivity index (χ1) is 11.3. The largest absolute Gasteiger partial charge is 0.496 e. The molecule has 24 heavy (non-hydrogen) atoms. The van der Waals surface area contributed by atoms with E-state index < -0.39 is 11.6 Å². The molecule has 0 aliphatic rings. The van der Waals surface area contributed by atoms with Gasteiger partial charge in [0.15, 0.2) is 0 Å². The van der Waals surface area contributed by atoms with Crippen molar-refractivity contribution in [3.63, 3.8) is 0 Å². The van der Waals surface area contributed by atoms with Gasteiger partial charge in [-0.05, 0) is 44.4 Å². The Balaban J connectivity index is 3.06. The van der Waals surface area contributed by atoms with Crippen molar-refractivity contribution in [2.75, 3.05) is 26.1 Å². The topological polar surface area (TPSA) is 73.9 Å². The zero-order chi connectivity index (χ0) is 18.3. The summed E-state index contributed by atoms with van der Waals surface area (Å²) in [6, 6.07) is 4.82. The molecule has 0 saturated carbocycles. The number of anilines is 1. The highest BCUT2D eigenvalue weighted by atomic mass is 16.5. The Morgan fingerprint density at radius 1 is 1.25 bits per heavy atom. The molecule has 1 rings (SSSR count). The molecule has 134 valence electrons. The normalized spacial score (nSPS) is 13.3. The Morgan fingerprint density at radius 3 is 2.42 bits per heavy atom. The van der Waals surface area contributed by atoms with Gasteiger partial charge in [0.25, 0.3) is 5.91 Å². The fourth-order valence-corrected chi connectivity index (χ4v) is 2.63. The lowest BCUT2D eigenvalue weighted by Gasteiger charge is -2.30. The molecule has 1 amide bonds. The lowest BCUT2D eigenvalue weighted by atomic mass is 9.93. The number of ether oxygens (including phenoxy) is 3. The summed E-state index contributed by atoms with van der Waals surface area (Å²) in [6.45, 7) is 8.14. The molecule has 6 heteroatoms. The Hall–Kier alpha value is -2.08. The van der Waals surface area contributed by atoms with Crippen LogP contribution in [0.1, 0.15) is 44.5 Å². The summed E-state index contributed by atoms with van der Waals surface area (Å²) in [5, 5.41) is 2.82. The van der Waals surface area contributed by atoms with Gasteiger partial charge in [0.05, 0.1) is 14.2 Å². The van der Waals surface area contributed by atoms with E-state index in [2.05, 4.69) is 5.32 Å². The minimum atomic E-state index is -0.936. The molecule has 6 nitrogen and oxygen atoms in total. The van der Waals surface area contributed by atoms with E-state index in [9.17, 15) is 9.59 Å². The average Bonchev–Trinajstić information content (AvgIpc) is 2.53. The Kier molecular flexibility index (Phi) is 7.22. The molecule has 0 spiro atoms. The van der Waals surface area contributed by atoms with Gasteiger partial charge >= 0.3 is 5.97 Å². The summed E-state index contributed by atoms with van der Waals surface area (Å²) in [5.74, 6) is -0.0971. The number of benzene rings is 1. The summed E-state index contributed by atoms with van der Waals surface area (Å²) in [6.07, 6.45) is 0.590. The molecule has 0 aliphatic carbocycles. The van der Waals surface area contributed by atoms with Crippen LogP contribution in [0.15, 0.2) is 18.2 Å². The summed E-state index contributed by atoms with van der Waals surface area (Å²) in [4.78, 5) is 24.5. The van der Waals surface area contributed by atoms with E-state index in [0.717, 1.165) is 0 Å². The monoisotopic (exact) mass is 337 g/mol. The van der Waals surface area contributed by atoms with Gasteiger partial charge in [0.1, 0.15) is 16.9 Å². The maximum absolute atomic E-state index is 12.7. The molecule has 0 fully saturated rings. The molecular formula is C18H27NO5. The van der Waals surface area contributed by atoms with Crippen LogP contribution in [0.4, 0.5) is 5.69 Å². The lowest BCUT2D eigenvalue weighted by molar-refractivity contribution is -0.140. The van der Waals surface area contributed by atoms with E-state index in [1.807, 2.05) is 20.8 Å². The second kappa shape index (κ2) is 8.68. The molecule has 0 aromatic heterocycles. The standard InChI is InChI=1S/C18H27NO5/c1-7-24-18(4,11-12(2)3)17(21)19-13-8-9-15(22-5)14(10-13)16(20)23-6/h8-10,12H,7,11H2,1-6H3,(H,19,21)/t18-/m1/s1. The molecule has 0 radical (unpaired) electrons. The van der Waals surface area contributed by atoms with E-state index in [1.54, 1.807) is 19.1 Å². The van der Waals surface area contributed by atoms with Gasteiger partial charge in [-0.2, -0.15) is 0 Å². The van der Waals surface area contributed by atoms with Crippen LogP contribution in [0.25, 0.3) is 0 Å². The van der Waals surface area contributed by atoms with Gasteiger partial charge in [0, 0.05) is 12.3 Å². The van der Waals surface area contributed by atoms with Crippen LogP contribution in [0.5, 0.6) is 5.75 Å². The van der Waals surface area contributed by atoms with Crippen molar-refractivity contribution in [3.05, 3.63) is 23.8 Å². The number of rotatable bonds is 8. The van der Waals surface area contributed by atoms with E-state index in [1.165, 1.54) is 20.3 Å². The number of nitrogens with one attached hydrogen (secondary N) is 1. The summed E-state index contributed by atoms with van der Waals surface area (Å²) in [7, 11) is 2.76. The van der Waals surface area contributed by atoms with Crippen LogP contribution in [0.3, 0.4) is 0 Å². The highest BCUT2D eigenvalue weighted by Gasteiger charge is 2.34. The van der Waals surface area contributed by atoms with Gasteiger partial charge in [-0.1, -0.05) is 13.8 Å². The molecule has 0 unspecified atom stereocenters. The molecule has 1 aromatic carbocycles. The first-order valence-electron chi connectivity index (χ1n) is 7.99. The van der Waals surface area contributed by atoms with E-state index in [0.29, 0.717) is 30.4 Å². The average molecular weight is 337 g/mol. The van der Waals surface area contributed by atoms with Crippen molar-refractivity contribution in [3.8, 4) is 5.75 Å². The summed E-state index contributed by atoms with van der Waals surface area (Å²) in [5.41, 5.74) is -0.204. The van der Waals surface area contributed by atoms with E-state index in [4.69, 9.17) is 14.2 Å². The Labute approximate surface area is 143 Å².